The molecule has 0 aliphatic carbocycles. The molecule has 0 bridgehead atoms. The van der Waals surface area contributed by atoms with Crippen molar-refractivity contribution in [1.29, 1.82) is 0 Å². The third-order valence-corrected chi connectivity index (χ3v) is 3.75. The number of ether oxygens (including phenoxy) is 1. The maximum absolute atomic E-state index is 12.2. The fraction of sp³-hybridized carbons (Fsp3) is 0.421. The molecule has 0 saturated heterocycles. The van der Waals surface area contributed by atoms with Crippen LogP contribution in [0.3, 0.4) is 0 Å². The summed E-state index contributed by atoms with van der Waals surface area (Å²) >= 11 is 0. The highest BCUT2D eigenvalue weighted by Crippen LogP contribution is 2.21. The molecule has 1 atom stereocenters. The van der Waals surface area contributed by atoms with Gasteiger partial charge in [0, 0.05) is 12.4 Å². The summed E-state index contributed by atoms with van der Waals surface area (Å²) in [7, 11) is 0. The Balaban J connectivity index is 1.97. The van der Waals surface area contributed by atoms with Crippen LogP contribution in [-0.2, 0) is 11.2 Å². The quantitative estimate of drug-likeness (QED) is 0.531. The minimum Gasteiger partial charge on any atom is -0.452 e. The van der Waals surface area contributed by atoms with Gasteiger partial charge in [0.2, 0.25) is 5.82 Å². The minimum absolute atomic E-state index is 0.124. The van der Waals surface area contributed by atoms with Crippen LogP contribution < -0.4 is 0 Å². The van der Waals surface area contributed by atoms with Crippen molar-refractivity contribution in [3.63, 3.8) is 0 Å². The molecule has 122 valence electrons. The summed E-state index contributed by atoms with van der Waals surface area (Å²) in [4.78, 5) is 20.5. The van der Waals surface area contributed by atoms with Crippen molar-refractivity contribution in [2.24, 2.45) is 0 Å². The molecule has 4 nitrogen and oxygen atoms in total. The van der Waals surface area contributed by atoms with Crippen molar-refractivity contribution in [1.82, 2.24) is 9.97 Å². The van der Waals surface area contributed by atoms with E-state index in [9.17, 15) is 4.79 Å². The number of aromatic nitrogens is 2. The van der Waals surface area contributed by atoms with Crippen LogP contribution in [0.4, 0.5) is 0 Å². The van der Waals surface area contributed by atoms with E-state index < -0.39 is 5.97 Å². The summed E-state index contributed by atoms with van der Waals surface area (Å²) in [5.74, 6) is -0.348. The van der Waals surface area contributed by atoms with E-state index in [0.717, 1.165) is 24.0 Å². The Kier molecular flexibility index (Phi) is 6.73. The van der Waals surface area contributed by atoms with Crippen LogP contribution in [-0.4, -0.2) is 15.9 Å². The Hall–Kier alpha value is -2.23. The van der Waals surface area contributed by atoms with Gasteiger partial charge in [0.15, 0.2) is 0 Å². The lowest BCUT2D eigenvalue weighted by Gasteiger charge is -2.15. The second-order valence-corrected chi connectivity index (χ2v) is 5.58. The van der Waals surface area contributed by atoms with Crippen molar-refractivity contribution in [2.45, 2.75) is 52.1 Å². The molecule has 1 unspecified atom stereocenters. The monoisotopic (exact) mass is 312 g/mol. The van der Waals surface area contributed by atoms with Crippen LogP contribution in [0.15, 0.2) is 42.7 Å². The molecule has 0 amide bonds. The lowest BCUT2D eigenvalue weighted by atomic mass is 10.1. The lowest BCUT2D eigenvalue weighted by Crippen LogP contribution is -2.14. The summed E-state index contributed by atoms with van der Waals surface area (Å²) in [5, 5.41) is 0. The maximum atomic E-state index is 12.2. The van der Waals surface area contributed by atoms with Crippen molar-refractivity contribution >= 4 is 5.97 Å². The van der Waals surface area contributed by atoms with Crippen molar-refractivity contribution in [3.8, 4) is 0 Å². The van der Waals surface area contributed by atoms with E-state index in [0.29, 0.717) is 6.42 Å². The molecule has 1 heterocycles. The standard InChI is InChI=1S/C19H24N2O2/c1-3-5-7-10-15-13-20-18(21-14-15)19(22)23-17(4-2)16-11-8-6-9-12-16/h6,8-9,11-14,17H,3-5,7,10H2,1-2H3. The zero-order valence-electron chi connectivity index (χ0n) is 13.9. The highest BCUT2D eigenvalue weighted by Gasteiger charge is 2.18. The van der Waals surface area contributed by atoms with Gasteiger partial charge in [-0.25, -0.2) is 14.8 Å². The molecule has 0 spiro atoms. The molecule has 0 N–H and O–H groups in total. The largest absolute Gasteiger partial charge is 0.452 e. The van der Waals surface area contributed by atoms with E-state index in [1.165, 1.54) is 12.8 Å². The van der Waals surface area contributed by atoms with Crippen molar-refractivity contribution in [2.75, 3.05) is 0 Å². The van der Waals surface area contributed by atoms with E-state index in [1.54, 1.807) is 12.4 Å². The van der Waals surface area contributed by atoms with Gasteiger partial charge in [-0.1, -0.05) is 57.0 Å². The van der Waals surface area contributed by atoms with Gasteiger partial charge in [-0.05, 0) is 30.4 Å². The number of unbranched alkanes of at least 4 members (excludes halogenated alkanes) is 2. The third-order valence-electron chi connectivity index (χ3n) is 3.75. The van der Waals surface area contributed by atoms with Gasteiger partial charge in [0.1, 0.15) is 6.10 Å². The number of benzene rings is 1. The first kappa shape index (κ1) is 17.1. The Morgan fingerprint density at radius 1 is 1.09 bits per heavy atom. The molecule has 23 heavy (non-hydrogen) atoms. The zero-order chi connectivity index (χ0) is 16.5. The number of hydrogen-bond donors (Lipinski definition) is 0. The van der Waals surface area contributed by atoms with Crippen LogP contribution in [0, 0.1) is 0 Å². The molecular formula is C19H24N2O2. The average molecular weight is 312 g/mol. The van der Waals surface area contributed by atoms with Crippen LogP contribution in [0.25, 0.3) is 0 Å². The highest BCUT2D eigenvalue weighted by atomic mass is 16.5. The van der Waals surface area contributed by atoms with E-state index in [4.69, 9.17) is 4.74 Å². The smallest absolute Gasteiger partial charge is 0.376 e. The summed E-state index contributed by atoms with van der Waals surface area (Å²) in [5.41, 5.74) is 2.05. The Morgan fingerprint density at radius 3 is 2.39 bits per heavy atom. The van der Waals surface area contributed by atoms with Crippen LogP contribution >= 0.6 is 0 Å². The van der Waals surface area contributed by atoms with Crippen LogP contribution in [0.5, 0.6) is 0 Å². The average Bonchev–Trinajstić information content (AvgIpc) is 2.61. The third kappa shape index (κ3) is 5.16. The van der Waals surface area contributed by atoms with E-state index in [2.05, 4.69) is 16.9 Å². The predicted octanol–water partition coefficient (Wildman–Crippen LogP) is 4.52. The molecule has 0 fully saturated rings. The van der Waals surface area contributed by atoms with Crippen molar-refractivity contribution < 1.29 is 9.53 Å². The summed E-state index contributed by atoms with van der Waals surface area (Å²) in [6, 6.07) is 9.73. The van der Waals surface area contributed by atoms with Gasteiger partial charge in [-0.15, -0.1) is 0 Å². The number of esters is 1. The van der Waals surface area contributed by atoms with Crippen molar-refractivity contribution in [3.05, 3.63) is 59.7 Å². The second kappa shape index (κ2) is 9.03. The molecule has 0 aliphatic rings. The summed E-state index contributed by atoms with van der Waals surface area (Å²) < 4.78 is 5.55. The lowest BCUT2D eigenvalue weighted by molar-refractivity contribution is 0.0273. The molecule has 1 aromatic heterocycles. The number of nitrogens with zero attached hydrogens (tertiary/aromatic N) is 2. The SMILES string of the molecule is CCCCCc1cnc(C(=O)OC(CC)c2ccccc2)nc1. The Bertz CT molecular complexity index is 597. The second-order valence-electron chi connectivity index (χ2n) is 5.58. The maximum Gasteiger partial charge on any atom is 0.376 e. The highest BCUT2D eigenvalue weighted by molar-refractivity contribution is 5.85. The fourth-order valence-corrected chi connectivity index (χ4v) is 2.41. The fourth-order valence-electron chi connectivity index (χ4n) is 2.41. The van der Waals surface area contributed by atoms with E-state index in [1.807, 2.05) is 37.3 Å². The molecule has 0 saturated carbocycles. The predicted molar refractivity (Wildman–Crippen MR) is 90.2 cm³/mol. The van der Waals surface area contributed by atoms with E-state index in [-0.39, 0.29) is 11.9 Å². The van der Waals surface area contributed by atoms with Gasteiger partial charge in [-0.2, -0.15) is 0 Å². The van der Waals surface area contributed by atoms with Crippen LogP contribution in [0.2, 0.25) is 0 Å². The number of hydrogen-bond acceptors (Lipinski definition) is 4. The van der Waals surface area contributed by atoms with Gasteiger partial charge < -0.3 is 4.74 Å². The molecule has 4 heteroatoms. The first-order valence-electron chi connectivity index (χ1n) is 8.31. The molecule has 2 aromatic rings. The zero-order valence-corrected chi connectivity index (χ0v) is 13.9. The number of rotatable bonds is 8. The van der Waals surface area contributed by atoms with Gasteiger partial charge in [0.25, 0.3) is 0 Å². The number of aryl methyl sites for hydroxylation is 1. The van der Waals surface area contributed by atoms with Gasteiger partial charge in [-0.3, -0.25) is 0 Å². The van der Waals surface area contributed by atoms with Gasteiger partial charge >= 0.3 is 5.97 Å². The number of carbonyl (C=O) groups is 1. The molecule has 1 aromatic carbocycles. The van der Waals surface area contributed by atoms with Crippen LogP contribution in [0.1, 0.15) is 67.4 Å². The first-order valence-corrected chi connectivity index (χ1v) is 8.31. The topological polar surface area (TPSA) is 52.1 Å². The molecule has 2 rings (SSSR count). The molecule has 0 aliphatic heterocycles. The van der Waals surface area contributed by atoms with Gasteiger partial charge in [0.05, 0.1) is 0 Å². The first-order chi connectivity index (χ1) is 11.2. The Labute approximate surface area is 137 Å². The Morgan fingerprint density at radius 2 is 1.78 bits per heavy atom. The normalized spacial score (nSPS) is 11.9. The summed E-state index contributed by atoms with van der Waals surface area (Å²) in [6.45, 7) is 4.16. The molecular weight excluding hydrogens is 288 g/mol. The molecule has 0 radical (unpaired) electrons. The van der Waals surface area contributed by atoms with E-state index >= 15 is 0 Å². The minimum atomic E-state index is -0.471. The number of carbonyl (C=O) groups excluding carboxylic acids is 1. The summed E-state index contributed by atoms with van der Waals surface area (Å²) in [6.07, 6.45) is 8.34.